The molecule has 0 fully saturated rings. The molecule has 0 radical (unpaired) electrons. The lowest BCUT2D eigenvalue weighted by Gasteiger charge is -2.19. The molecule has 1 aromatic carbocycles. The van der Waals surface area contributed by atoms with Crippen LogP contribution in [0.1, 0.15) is 64.8 Å². The van der Waals surface area contributed by atoms with Crippen LogP contribution < -0.4 is 5.32 Å². The predicted octanol–water partition coefficient (Wildman–Crippen LogP) is 5.18. The predicted molar refractivity (Wildman–Crippen MR) is 86.2 cm³/mol. The molecule has 0 bridgehead atoms. The van der Waals surface area contributed by atoms with Crippen LogP contribution in [0.2, 0.25) is 0 Å². The van der Waals surface area contributed by atoms with Crippen molar-refractivity contribution < 1.29 is 4.42 Å². The highest BCUT2D eigenvalue weighted by Crippen LogP contribution is 2.34. The maximum atomic E-state index is 6.23. The van der Waals surface area contributed by atoms with Crippen molar-refractivity contribution >= 4 is 11.0 Å². The molecule has 2 rings (SSSR count). The summed E-state index contributed by atoms with van der Waals surface area (Å²) in [7, 11) is 0. The number of hydrogen-bond acceptors (Lipinski definition) is 2. The summed E-state index contributed by atoms with van der Waals surface area (Å²) in [6.45, 7) is 12.0. The molecule has 1 atom stereocenters. The normalized spacial score (nSPS) is 13.8. The summed E-state index contributed by atoms with van der Waals surface area (Å²) in [6.07, 6.45) is 2.26. The molecule has 1 aromatic heterocycles. The van der Waals surface area contributed by atoms with E-state index in [2.05, 4.69) is 64.2 Å². The molecule has 1 N–H and O–H groups in total. The van der Waals surface area contributed by atoms with Crippen molar-refractivity contribution in [2.45, 2.75) is 58.9 Å². The van der Waals surface area contributed by atoms with E-state index in [0.29, 0.717) is 6.04 Å². The molecular weight excluding hydrogens is 246 g/mol. The average Bonchev–Trinajstić information content (AvgIpc) is 2.80. The van der Waals surface area contributed by atoms with Gasteiger partial charge >= 0.3 is 0 Å². The molecule has 2 aromatic rings. The summed E-state index contributed by atoms with van der Waals surface area (Å²) in [5, 5.41) is 4.74. The molecule has 1 unspecified atom stereocenters. The molecule has 110 valence electrons. The lowest BCUT2D eigenvalue weighted by Crippen LogP contribution is -2.20. The minimum atomic E-state index is 0.104. The van der Waals surface area contributed by atoms with Gasteiger partial charge < -0.3 is 9.73 Å². The Kier molecular flexibility index (Phi) is 4.54. The summed E-state index contributed by atoms with van der Waals surface area (Å²) in [5.74, 6) is 1.07. The van der Waals surface area contributed by atoms with Crippen LogP contribution in [0.4, 0.5) is 0 Å². The Hall–Kier alpha value is -1.28. The molecule has 2 heteroatoms. The zero-order valence-electron chi connectivity index (χ0n) is 13.4. The van der Waals surface area contributed by atoms with E-state index in [4.69, 9.17) is 4.42 Å². The minimum Gasteiger partial charge on any atom is -0.459 e. The van der Waals surface area contributed by atoms with E-state index in [1.807, 2.05) is 0 Å². The van der Waals surface area contributed by atoms with E-state index in [0.717, 1.165) is 30.7 Å². The van der Waals surface area contributed by atoms with Crippen molar-refractivity contribution in [1.82, 2.24) is 5.32 Å². The first-order valence-corrected chi connectivity index (χ1v) is 7.73. The number of nitrogens with one attached hydrogen (secondary N) is 1. The van der Waals surface area contributed by atoms with E-state index >= 15 is 0 Å². The molecule has 0 aliphatic carbocycles. The standard InChI is InChI=1S/C18H27NO/c1-6-9-15(19-7-2)16-12-13-10-8-11-14(17(13)20-16)18(3,4)5/h8,10-12,15,19H,6-7,9H2,1-5H3. The van der Waals surface area contributed by atoms with Crippen LogP contribution in [0.15, 0.2) is 28.7 Å². The van der Waals surface area contributed by atoms with Crippen LogP contribution in [0.25, 0.3) is 11.0 Å². The molecule has 20 heavy (non-hydrogen) atoms. The Bertz CT molecular complexity index is 556. The lowest BCUT2D eigenvalue weighted by molar-refractivity contribution is 0.411. The summed E-state index contributed by atoms with van der Waals surface area (Å²) in [4.78, 5) is 0. The fraction of sp³-hybridized carbons (Fsp3) is 0.556. The topological polar surface area (TPSA) is 25.2 Å². The van der Waals surface area contributed by atoms with Gasteiger partial charge in [-0.3, -0.25) is 0 Å². The second-order valence-electron chi connectivity index (χ2n) is 6.52. The zero-order chi connectivity index (χ0) is 14.8. The van der Waals surface area contributed by atoms with Gasteiger partial charge in [0.2, 0.25) is 0 Å². The molecule has 1 heterocycles. The zero-order valence-corrected chi connectivity index (χ0v) is 13.4. The van der Waals surface area contributed by atoms with Gasteiger partial charge in [0.25, 0.3) is 0 Å². The lowest BCUT2D eigenvalue weighted by atomic mass is 9.86. The van der Waals surface area contributed by atoms with E-state index in [-0.39, 0.29) is 5.41 Å². The Morgan fingerprint density at radius 2 is 1.95 bits per heavy atom. The van der Waals surface area contributed by atoms with Crippen molar-refractivity contribution in [1.29, 1.82) is 0 Å². The smallest absolute Gasteiger partial charge is 0.138 e. The van der Waals surface area contributed by atoms with Gasteiger partial charge in [-0.05, 0) is 24.4 Å². The molecule has 0 saturated heterocycles. The Morgan fingerprint density at radius 3 is 2.55 bits per heavy atom. The molecule has 0 spiro atoms. The largest absolute Gasteiger partial charge is 0.459 e. The van der Waals surface area contributed by atoms with Gasteiger partial charge in [0.15, 0.2) is 0 Å². The minimum absolute atomic E-state index is 0.104. The van der Waals surface area contributed by atoms with Gasteiger partial charge in [-0.2, -0.15) is 0 Å². The van der Waals surface area contributed by atoms with E-state index in [9.17, 15) is 0 Å². The fourth-order valence-corrected chi connectivity index (χ4v) is 2.73. The SMILES string of the molecule is CCCC(NCC)c1cc2cccc(C(C)(C)C)c2o1. The first-order chi connectivity index (χ1) is 9.47. The highest BCUT2D eigenvalue weighted by molar-refractivity contribution is 5.82. The van der Waals surface area contributed by atoms with Crippen molar-refractivity contribution in [2.24, 2.45) is 0 Å². The summed E-state index contributed by atoms with van der Waals surface area (Å²) in [6, 6.07) is 8.98. The first kappa shape index (κ1) is 15.1. The monoisotopic (exact) mass is 273 g/mol. The molecule has 0 saturated carbocycles. The van der Waals surface area contributed by atoms with Crippen LogP contribution >= 0.6 is 0 Å². The number of para-hydroxylation sites is 1. The van der Waals surface area contributed by atoms with Gasteiger partial charge in [-0.25, -0.2) is 0 Å². The second kappa shape index (κ2) is 6.01. The van der Waals surface area contributed by atoms with E-state index in [1.54, 1.807) is 0 Å². The van der Waals surface area contributed by atoms with E-state index < -0.39 is 0 Å². The van der Waals surface area contributed by atoms with Gasteiger partial charge in [0.1, 0.15) is 11.3 Å². The van der Waals surface area contributed by atoms with Crippen molar-refractivity contribution in [2.75, 3.05) is 6.54 Å². The average molecular weight is 273 g/mol. The van der Waals surface area contributed by atoms with Gasteiger partial charge in [0, 0.05) is 10.9 Å². The third-order valence-electron chi connectivity index (χ3n) is 3.74. The third-order valence-corrected chi connectivity index (χ3v) is 3.74. The quantitative estimate of drug-likeness (QED) is 0.812. The van der Waals surface area contributed by atoms with Gasteiger partial charge in [0.05, 0.1) is 6.04 Å². The molecular formula is C18H27NO. The van der Waals surface area contributed by atoms with Crippen LogP contribution in [0.5, 0.6) is 0 Å². The van der Waals surface area contributed by atoms with Crippen LogP contribution in [0, 0.1) is 0 Å². The van der Waals surface area contributed by atoms with Crippen molar-refractivity contribution in [3.8, 4) is 0 Å². The molecule has 0 amide bonds. The summed E-state index contributed by atoms with van der Waals surface area (Å²) in [5.41, 5.74) is 2.44. The van der Waals surface area contributed by atoms with Gasteiger partial charge in [-0.1, -0.05) is 59.2 Å². The van der Waals surface area contributed by atoms with Crippen LogP contribution in [-0.2, 0) is 5.41 Å². The summed E-state index contributed by atoms with van der Waals surface area (Å²) < 4.78 is 6.23. The Morgan fingerprint density at radius 1 is 1.20 bits per heavy atom. The maximum Gasteiger partial charge on any atom is 0.138 e. The number of fused-ring (bicyclic) bond motifs is 1. The Balaban J connectivity index is 2.47. The molecule has 0 aliphatic rings. The first-order valence-electron chi connectivity index (χ1n) is 7.73. The highest BCUT2D eigenvalue weighted by atomic mass is 16.3. The van der Waals surface area contributed by atoms with Gasteiger partial charge in [-0.15, -0.1) is 0 Å². The number of benzene rings is 1. The van der Waals surface area contributed by atoms with Crippen molar-refractivity contribution in [3.05, 3.63) is 35.6 Å². The number of furan rings is 1. The second-order valence-corrected chi connectivity index (χ2v) is 6.52. The van der Waals surface area contributed by atoms with E-state index in [1.165, 1.54) is 10.9 Å². The molecule has 0 aliphatic heterocycles. The fourth-order valence-electron chi connectivity index (χ4n) is 2.73. The van der Waals surface area contributed by atoms with Crippen LogP contribution in [-0.4, -0.2) is 6.54 Å². The molecule has 2 nitrogen and oxygen atoms in total. The number of hydrogen-bond donors (Lipinski definition) is 1. The maximum absolute atomic E-state index is 6.23. The van der Waals surface area contributed by atoms with Crippen molar-refractivity contribution in [3.63, 3.8) is 0 Å². The summed E-state index contributed by atoms with van der Waals surface area (Å²) >= 11 is 0. The third kappa shape index (κ3) is 3.06. The number of rotatable bonds is 5. The highest BCUT2D eigenvalue weighted by Gasteiger charge is 2.21. The Labute approximate surface area is 122 Å². The van der Waals surface area contributed by atoms with Crippen LogP contribution in [0.3, 0.4) is 0 Å².